The number of carbonyl (C=O) groups excluding carboxylic acids is 2. The third-order valence-electron chi connectivity index (χ3n) is 4.23. The van der Waals surface area contributed by atoms with Crippen LogP contribution in [-0.4, -0.2) is 40.8 Å². The maximum Gasteiger partial charge on any atom is 0.326 e. The van der Waals surface area contributed by atoms with Gasteiger partial charge in [-0.2, -0.15) is 0 Å². The number of aromatic hydroxyl groups is 1. The SMILES string of the molecule is COc1ccc(NC(=O)c2c(O)n(C(N)=O)c3ccc([N+](=O)[O-])cc23)cc1OC. The van der Waals surface area contributed by atoms with Crippen LogP contribution in [0.5, 0.6) is 17.4 Å². The molecule has 0 saturated heterocycles. The summed E-state index contributed by atoms with van der Waals surface area (Å²) in [6.45, 7) is 0. The summed E-state index contributed by atoms with van der Waals surface area (Å²) in [6.07, 6.45) is 0. The molecule has 29 heavy (non-hydrogen) atoms. The molecule has 0 radical (unpaired) electrons. The average molecular weight is 400 g/mol. The lowest BCUT2D eigenvalue weighted by Crippen LogP contribution is -2.19. The predicted molar refractivity (Wildman–Crippen MR) is 103 cm³/mol. The molecule has 0 atom stereocenters. The van der Waals surface area contributed by atoms with Crippen molar-refractivity contribution in [1.29, 1.82) is 0 Å². The van der Waals surface area contributed by atoms with E-state index in [0.29, 0.717) is 21.8 Å². The fourth-order valence-electron chi connectivity index (χ4n) is 2.93. The summed E-state index contributed by atoms with van der Waals surface area (Å²) in [4.78, 5) is 35.0. The maximum atomic E-state index is 12.8. The Hall–Kier alpha value is -4.28. The highest BCUT2D eigenvalue weighted by molar-refractivity contribution is 6.17. The molecular weight excluding hydrogens is 384 g/mol. The Kier molecular flexibility index (Phi) is 4.96. The topological polar surface area (TPSA) is 159 Å². The summed E-state index contributed by atoms with van der Waals surface area (Å²) in [6, 6.07) is 6.98. The van der Waals surface area contributed by atoms with Crippen LogP contribution in [0.4, 0.5) is 16.2 Å². The van der Waals surface area contributed by atoms with Gasteiger partial charge in [-0.1, -0.05) is 0 Å². The monoisotopic (exact) mass is 400 g/mol. The number of nitrogens with one attached hydrogen (secondary N) is 1. The molecular formula is C18H16N4O7. The first kappa shape index (κ1) is 19.5. The lowest BCUT2D eigenvalue weighted by atomic mass is 10.1. The van der Waals surface area contributed by atoms with Crippen molar-refractivity contribution in [3.8, 4) is 17.4 Å². The van der Waals surface area contributed by atoms with Crippen LogP contribution in [0.1, 0.15) is 10.4 Å². The molecule has 1 aromatic heterocycles. The van der Waals surface area contributed by atoms with Crippen LogP contribution in [0.25, 0.3) is 10.9 Å². The number of aromatic nitrogens is 1. The second kappa shape index (κ2) is 7.38. The van der Waals surface area contributed by atoms with Gasteiger partial charge >= 0.3 is 6.03 Å². The van der Waals surface area contributed by atoms with Gasteiger partial charge in [0.05, 0.1) is 24.7 Å². The summed E-state index contributed by atoms with van der Waals surface area (Å²) in [5, 5.41) is 24.1. The fraction of sp³-hybridized carbons (Fsp3) is 0.111. The normalized spacial score (nSPS) is 10.6. The van der Waals surface area contributed by atoms with Gasteiger partial charge in [0.1, 0.15) is 5.56 Å². The van der Waals surface area contributed by atoms with Gasteiger partial charge in [-0.05, 0) is 18.2 Å². The van der Waals surface area contributed by atoms with Gasteiger partial charge < -0.3 is 25.6 Å². The first-order valence-electron chi connectivity index (χ1n) is 8.13. The maximum absolute atomic E-state index is 12.8. The average Bonchev–Trinajstić information content (AvgIpc) is 2.98. The van der Waals surface area contributed by atoms with Crippen molar-refractivity contribution in [2.75, 3.05) is 19.5 Å². The lowest BCUT2D eigenvalue weighted by Gasteiger charge is -2.10. The smallest absolute Gasteiger partial charge is 0.326 e. The molecule has 2 amide bonds. The Morgan fingerprint density at radius 1 is 1.14 bits per heavy atom. The Bertz CT molecular complexity index is 1150. The fourth-order valence-corrected chi connectivity index (χ4v) is 2.93. The van der Waals surface area contributed by atoms with E-state index in [-0.39, 0.29) is 22.2 Å². The molecule has 0 spiro atoms. The highest BCUT2D eigenvalue weighted by Gasteiger charge is 2.26. The van der Waals surface area contributed by atoms with Crippen molar-refractivity contribution in [1.82, 2.24) is 4.57 Å². The number of methoxy groups -OCH3 is 2. The number of primary amides is 1. The molecule has 0 aliphatic carbocycles. The van der Waals surface area contributed by atoms with Crippen molar-refractivity contribution < 1.29 is 29.1 Å². The summed E-state index contributed by atoms with van der Waals surface area (Å²) in [5.41, 5.74) is 4.98. The minimum atomic E-state index is -1.05. The van der Waals surface area contributed by atoms with E-state index >= 15 is 0 Å². The number of amides is 2. The summed E-state index contributed by atoms with van der Waals surface area (Å²) in [7, 11) is 2.88. The second-order valence-corrected chi connectivity index (χ2v) is 5.85. The molecule has 11 heteroatoms. The Morgan fingerprint density at radius 2 is 1.83 bits per heavy atom. The Morgan fingerprint density at radius 3 is 2.41 bits per heavy atom. The number of anilines is 1. The molecule has 0 aliphatic heterocycles. The number of nitrogens with zero attached hydrogens (tertiary/aromatic N) is 2. The predicted octanol–water partition coefficient (Wildman–Crippen LogP) is 2.45. The number of benzene rings is 2. The van der Waals surface area contributed by atoms with Gasteiger partial charge in [-0.25, -0.2) is 9.36 Å². The van der Waals surface area contributed by atoms with Crippen LogP contribution >= 0.6 is 0 Å². The molecule has 150 valence electrons. The number of nitrogens with two attached hydrogens (primary N) is 1. The van der Waals surface area contributed by atoms with E-state index in [2.05, 4.69) is 5.32 Å². The van der Waals surface area contributed by atoms with Gasteiger partial charge in [0.25, 0.3) is 11.6 Å². The van der Waals surface area contributed by atoms with Crippen LogP contribution in [0, 0.1) is 10.1 Å². The first-order chi connectivity index (χ1) is 13.8. The number of nitro groups is 1. The number of fused-ring (bicyclic) bond motifs is 1. The standard InChI is InChI=1S/C18H16N4O7/c1-28-13-6-3-9(7-14(13)29-2)20-16(23)15-11-8-10(22(26)27)4-5-12(11)21(17(15)24)18(19)25/h3-8,24H,1-2H3,(H2,19,25)(H,20,23). The van der Waals surface area contributed by atoms with Gasteiger partial charge in [-0.15, -0.1) is 0 Å². The molecule has 0 bridgehead atoms. The van der Waals surface area contributed by atoms with E-state index < -0.39 is 22.7 Å². The van der Waals surface area contributed by atoms with Crippen molar-refractivity contribution in [3.05, 3.63) is 52.1 Å². The van der Waals surface area contributed by atoms with Crippen molar-refractivity contribution >= 4 is 34.2 Å². The zero-order chi connectivity index (χ0) is 21.3. The summed E-state index contributed by atoms with van der Waals surface area (Å²) in [5.74, 6) is -0.745. The molecule has 0 fully saturated rings. The van der Waals surface area contributed by atoms with E-state index in [1.54, 1.807) is 6.07 Å². The lowest BCUT2D eigenvalue weighted by molar-refractivity contribution is -0.384. The van der Waals surface area contributed by atoms with Gasteiger partial charge in [0.2, 0.25) is 5.88 Å². The summed E-state index contributed by atoms with van der Waals surface area (Å²) >= 11 is 0. The molecule has 4 N–H and O–H groups in total. The minimum Gasteiger partial charge on any atom is -0.494 e. The third-order valence-corrected chi connectivity index (χ3v) is 4.23. The first-order valence-corrected chi connectivity index (χ1v) is 8.13. The number of hydrogen-bond acceptors (Lipinski definition) is 7. The zero-order valence-corrected chi connectivity index (χ0v) is 15.3. The largest absolute Gasteiger partial charge is 0.494 e. The number of ether oxygens (including phenoxy) is 2. The van der Waals surface area contributed by atoms with E-state index in [1.165, 1.54) is 32.4 Å². The van der Waals surface area contributed by atoms with Crippen molar-refractivity contribution in [2.24, 2.45) is 5.73 Å². The van der Waals surface area contributed by atoms with Gasteiger partial charge in [0.15, 0.2) is 11.5 Å². The number of hydrogen-bond donors (Lipinski definition) is 3. The number of nitro benzene ring substituents is 1. The zero-order valence-electron chi connectivity index (χ0n) is 15.3. The molecule has 3 aromatic rings. The minimum absolute atomic E-state index is 0.00604. The molecule has 2 aromatic carbocycles. The molecule has 0 saturated carbocycles. The van der Waals surface area contributed by atoms with Gasteiger partial charge in [-0.3, -0.25) is 14.9 Å². The molecule has 3 rings (SSSR count). The van der Waals surface area contributed by atoms with E-state index in [1.807, 2.05) is 0 Å². The van der Waals surface area contributed by atoms with Crippen molar-refractivity contribution in [3.63, 3.8) is 0 Å². The second-order valence-electron chi connectivity index (χ2n) is 5.85. The van der Waals surface area contributed by atoms with E-state index in [9.17, 15) is 24.8 Å². The van der Waals surface area contributed by atoms with Crippen LogP contribution < -0.4 is 20.5 Å². The van der Waals surface area contributed by atoms with E-state index in [4.69, 9.17) is 15.2 Å². The highest BCUT2D eigenvalue weighted by Crippen LogP contribution is 2.35. The summed E-state index contributed by atoms with van der Waals surface area (Å²) < 4.78 is 11.0. The van der Waals surface area contributed by atoms with Crippen LogP contribution in [-0.2, 0) is 0 Å². The van der Waals surface area contributed by atoms with Crippen LogP contribution in [0.2, 0.25) is 0 Å². The van der Waals surface area contributed by atoms with Crippen LogP contribution in [0.15, 0.2) is 36.4 Å². The Balaban J connectivity index is 2.12. The third kappa shape index (κ3) is 3.36. The number of carbonyl (C=O) groups is 2. The molecule has 1 heterocycles. The van der Waals surface area contributed by atoms with Crippen LogP contribution in [0.3, 0.4) is 0 Å². The quantitative estimate of drug-likeness (QED) is 0.438. The molecule has 0 aliphatic rings. The molecule has 0 unspecified atom stereocenters. The number of rotatable bonds is 5. The Labute approximate surface area is 163 Å². The highest BCUT2D eigenvalue weighted by atomic mass is 16.6. The molecule has 11 nitrogen and oxygen atoms in total. The van der Waals surface area contributed by atoms with Crippen molar-refractivity contribution in [2.45, 2.75) is 0 Å². The number of non-ortho nitro benzene ring substituents is 1. The van der Waals surface area contributed by atoms with Gasteiger partial charge in [0, 0.05) is 29.3 Å². The van der Waals surface area contributed by atoms with E-state index in [0.717, 1.165) is 12.1 Å².